The summed E-state index contributed by atoms with van der Waals surface area (Å²) in [5.41, 5.74) is 0.724. The van der Waals surface area contributed by atoms with Gasteiger partial charge in [-0.15, -0.1) is 0 Å². The van der Waals surface area contributed by atoms with E-state index in [1.165, 1.54) is 30.5 Å². The largest absolute Gasteiger partial charge is 0.387 e. The summed E-state index contributed by atoms with van der Waals surface area (Å²) >= 11 is 0. The maximum atomic E-state index is 12.0. The molecule has 10 N–H and O–H groups in total. The summed E-state index contributed by atoms with van der Waals surface area (Å²) in [6, 6.07) is 0.560. The molecule has 10 rings (SSSR count). The van der Waals surface area contributed by atoms with Gasteiger partial charge in [0.2, 0.25) is 11.6 Å². The van der Waals surface area contributed by atoms with E-state index in [4.69, 9.17) is 28.4 Å². The number of nitrogens with zero attached hydrogens (tertiary/aromatic N) is 8. The molecule has 2 unspecified atom stereocenters. The Morgan fingerprint density at radius 2 is 1.14 bits per heavy atom. The molecule has 2 saturated heterocycles. The van der Waals surface area contributed by atoms with E-state index in [1.54, 1.807) is 12.4 Å². The Hall–Kier alpha value is -4.28. The van der Waals surface area contributed by atoms with Crippen LogP contribution in [0.3, 0.4) is 0 Å². The summed E-state index contributed by atoms with van der Waals surface area (Å²) in [5, 5.41) is 58.2. The number of aliphatic hydroxyl groups is 4. The van der Waals surface area contributed by atoms with Crippen LogP contribution in [0.2, 0.25) is 0 Å². The van der Waals surface area contributed by atoms with Crippen LogP contribution >= 0.6 is 15.2 Å². The maximum absolute atomic E-state index is 12.0. The second-order valence-corrected chi connectivity index (χ2v) is 25.5. The average molecular weight is 1120 g/mol. The quantitative estimate of drug-likeness (QED) is 0.0505. The molecule has 4 aromatic heterocycles. The summed E-state index contributed by atoms with van der Waals surface area (Å²) in [6.07, 6.45) is 5.97. The second-order valence-electron chi connectivity index (χ2n) is 21.7. The summed E-state index contributed by atoms with van der Waals surface area (Å²) in [7, 11) is -6.77. The highest BCUT2D eigenvalue weighted by molar-refractivity contribution is 7.53. The van der Waals surface area contributed by atoms with Crippen molar-refractivity contribution >= 4 is 48.9 Å². The van der Waals surface area contributed by atoms with Crippen LogP contribution in [0.25, 0.3) is 22.1 Å². The molecule has 4 saturated carbocycles. The van der Waals surface area contributed by atoms with Crippen LogP contribution in [0.4, 0.5) is 11.6 Å². The summed E-state index contributed by atoms with van der Waals surface area (Å²) in [6.45, 7) is 3.89. The molecule has 0 bridgehead atoms. The van der Waals surface area contributed by atoms with E-state index < -0.39 is 82.1 Å². The van der Waals surface area contributed by atoms with Gasteiger partial charge in [-0.05, 0) is 84.0 Å². The SMILES string of the molecule is COCC(C)(OC[C@H]1O[C@@H](n2ncc3c(NC4CCCC4)nc(C#CC4(C)CC4)nc32)[C@H](O)[C@@H]1O)P(=O)(O)O.COCC(OC[C@H]1O[C@@H](n2ncc3c(NC4CCCC4)nc(C#CC4(C)CC4)nc32)[C@H](O)[C@@H]1O)P(=O)(O)O. The molecule has 6 aliphatic rings. The molecule has 6 heterocycles. The van der Waals surface area contributed by atoms with Crippen molar-refractivity contribution in [1.82, 2.24) is 39.5 Å². The molecule has 0 spiro atoms. The van der Waals surface area contributed by atoms with Crippen molar-refractivity contribution in [2.75, 3.05) is 51.3 Å². The molecule has 2 aliphatic heterocycles. The Balaban J connectivity index is 0.000000188. The normalized spacial score (nSPS) is 28.1. The third-order valence-corrected chi connectivity index (χ3v) is 17.7. The first-order valence-electron chi connectivity index (χ1n) is 26.0. The molecule has 28 heteroatoms. The van der Waals surface area contributed by atoms with Crippen LogP contribution in [0.15, 0.2) is 12.4 Å². The van der Waals surface area contributed by atoms with Crippen molar-refractivity contribution < 1.29 is 77.6 Å². The fourth-order valence-corrected chi connectivity index (χ4v) is 10.8. The van der Waals surface area contributed by atoms with E-state index >= 15 is 0 Å². The number of rotatable bonds is 18. The van der Waals surface area contributed by atoms with E-state index in [2.05, 4.69) is 78.3 Å². The molecule has 26 nitrogen and oxygen atoms in total. The van der Waals surface area contributed by atoms with Crippen molar-refractivity contribution in [2.45, 2.75) is 170 Å². The van der Waals surface area contributed by atoms with Crippen molar-refractivity contribution in [3.05, 3.63) is 24.0 Å². The van der Waals surface area contributed by atoms with Gasteiger partial charge in [-0.3, -0.25) is 9.13 Å². The second kappa shape index (κ2) is 23.1. The van der Waals surface area contributed by atoms with E-state index in [-0.39, 0.29) is 42.7 Å². The summed E-state index contributed by atoms with van der Waals surface area (Å²) < 4.78 is 58.8. The van der Waals surface area contributed by atoms with Crippen LogP contribution in [0.5, 0.6) is 0 Å². The van der Waals surface area contributed by atoms with Crippen LogP contribution in [0.1, 0.15) is 122 Å². The number of anilines is 2. The monoisotopic (exact) mass is 1120 g/mol. The number of ether oxygens (including phenoxy) is 6. The highest BCUT2D eigenvalue weighted by Gasteiger charge is 2.50. The topological polar surface area (TPSA) is 363 Å². The molecule has 0 amide bonds. The maximum Gasteiger partial charge on any atom is 0.359 e. The van der Waals surface area contributed by atoms with Gasteiger partial charge in [0.1, 0.15) is 48.3 Å². The van der Waals surface area contributed by atoms with Crippen LogP contribution < -0.4 is 10.6 Å². The van der Waals surface area contributed by atoms with Crippen molar-refractivity contribution in [1.29, 1.82) is 0 Å². The third kappa shape index (κ3) is 13.2. The molecule has 6 fully saturated rings. The van der Waals surface area contributed by atoms with Gasteiger partial charge in [0.15, 0.2) is 34.9 Å². The molecule has 10 atom stereocenters. The minimum Gasteiger partial charge on any atom is -0.387 e. The Morgan fingerprint density at radius 3 is 1.53 bits per heavy atom. The molecule has 0 aromatic carbocycles. The molecule has 4 aliphatic carbocycles. The lowest BCUT2D eigenvalue weighted by molar-refractivity contribution is -0.107. The fourth-order valence-electron chi connectivity index (χ4n) is 9.59. The van der Waals surface area contributed by atoms with Crippen LogP contribution in [0, 0.1) is 34.5 Å². The number of methoxy groups -OCH3 is 2. The minimum atomic E-state index is -4.73. The summed E-state index contributed by atoms with van der Waals surface area (Å²) in [5.74, 6) is 13.0. The Labute approximate surface area is 444 Å². The molecule has 77 heavy (non-hydrogen) atoms. The lowest BCUT2D eigenvalue weighted by Crippen LogP contribution is -2.40. The first-order chi connectivity index (χ1) is 36.5. The number of aromatic nitrogens is 8. The van der Waals surface area contributed by atoms with E-state index in [1.807, 2.05) is 0 Å². The Bertz CT molecular complexity index is 2970. The molecule has 422 valence electrons. The predicted molar refractivity (Wildman–Crippen MR) is 275 cm³/mol. The zero-order valence-corrected chi connectivity index (χ0v) is 45.4. The third-order valence-electron chi connectivity index (χ3n) is 15.1. The standard InChI is InChI=1S/C25H36N5O8P.C24H34N5O8P/c1-24(10-11-24)9-8-18-28-21(27-15-6-4-5-7-15)16-12-26-30(22(16)29-18)23-20(32)19(31)17(38-23)13-37-25(2,14-36-3)39(33,34)35;1-24(9-10-24)8-7-17-27-21(26-14-5-3-4-6-14)15-11-25-29(22(15)28-17)23-20(31)19(30)16(37-23)12-36-18(13-35-2)38(32,33)34/h12,15,17,19-20,23,31-32H,4-7,10-11,13-14H2,1-3H3,(H,27,28,29)(H2,33,34,35);11,14,16,18-20,23,30-31H,3-6,9-10,12-13H2,1-2H3,(H,26,27,28)(H2,32,33,34)/t17-,19-,20-,23-,25?;16-,18?,19-,20-,23-/m11/s1. The lowest BCUT2D eigenvalue weighted by atomic mass is 10.1. The van der Waals surface area contributed by atoms with Crippen molar-refractivity contribution in [3.8, 4) is 23.7 Å². The molecule has 4 aromatic rings. The molecular formula is C49H70N10O16P2. The van der Waals surface area contributed by atoms with E-state index in [9.17, 15) is 49.1 Å². The van der Waals surface area contributed by atoms with Gasteiger partial charge in [0.25, 0.3) is 0 Å². The van der Waals surface area contributed by atoms with Crippen molar-refractivity contribution in [3.63, 3.8) is 0 Å². The van der Waals surface area contributed by atoms with Gasteiger partial charge in [-0.25, -0.2) is 29.3 Å². The number of hydrogen-bond acceptors (Lipinski definition) is 20. The van der Waals surface area contributed by atoms with Crippen LogP contribution in [-0.4, -0.2) is 180 Å². The van der Waals surface area contributed by atoms with Gasteiger partial charge in [0.05, 0.1) is 49.6 Å². The smallest absolute Gasteiger partial charge is 0.359 e. The highest BCUT2D eigenvalue weighted by atomic mass is 31.2. The first kappa shape index (κ1) is 57.4. The van der Waals surface area contributed by atoms with Gasteiger partial charge in [0, 0.05) is 37.1 Å². The predicted octanol–water partition coefficient (Wildman–Crippen LogP) is 2.63. The van der Waals surface area contributed by atoms with Gasteiger partial charge < -0.3 is 79.1 Å². The minimum absolute atomic E-state index is 0.0204. The van der Waals surface area contributed by atoms with Gasteiger partial charge >= 0.3 is 15.2 Å². The highest BCUT2D eigenvalue weighted by Crippen LogP contribution is 2.52. The average Bonchev–Trinajstić information content (AvgIpc) is 3.92. The van der Waals surface area contributed by atoms with Gasteiger partial charge in [-0.1, -0.05) is 37.5 Å². The zero-order chi connectivity index (χ0) is 55.1. The Morgan fingerprint density at radius 1 is 0.701 bits per heavy atom. The van der Waals surface area contributed by atoms with Crippen molar-refractivity contribution in [2.24, 2.45) is 10.8 Å². The number of nitrogens with one attached hydrogen (secondary N) is 2. The lowest BCUT2D eigenvalue weighted by Gasteiger charge is -2.31. The Kier molecular flexibility index (Phi) is 17.2. The number of fused-ring (bicyclic) bond motifs is 2. The van der Waals surface area contributed by atoms with Crippen LogP contribution in [-0.2, 0) is 37.6 Å². The zero-order valence-electron chi connectivity index (χ0n) is 43.6. The molecule has 0 radical (unpaired) electrons. The first-order valence-corrected chi connectivity index (χ1v) is 29.3. The van der Waals surface area contributed by atoms with E-state index in [0.29, 0.717) is 45.4 Å². The number of aliphatic hydroxyl groups excluding tert-OH is 4. The van der Waals surface area contributed by atoms with E-state index in [0.717, 1.165) is 77.0 Å². The fraction of sp³-hybridized carbons (Fsp3) is 0.714. The summed E-state index contributed by atoms with van der Waals surface area (Å²) in [4.78, 5) is 57.0. The number of hydrogen-bond donors (Lipinski definition) is 10. The van der Waals surface area contributed by atoms with Gasteiger partial charge in [-0.2, -0.15) is 10.2 Å². The molecular weight excluding hydrogens is 1050 g/mol.